The summed E-state index contributed by atoms with van der Waals surface area (Å²) in [4.78, 5) is 25.5. The molecule has 0 aliphatic heterocycles. The Hall–Kier alpha value is -3.96. The van der Waals surface area contributed by atoms with Crippen molar-refractivity contribution >= 4 is 44.2 Å². The Kier molecular flexibility index (Phi) is 6.07. The van der Waals surface area contributed by atoms with E-state index in [1.165, 1.54) is 16.2 Å². The van der Waals surface area contributed by atoms with E-state index in [1.807, 2.05) is 70.4 Å². The minimum absolute atomic E-state index is 0.108. The average molecular weight is 546 g/mol. The minimum atomic E-state index is -0.306. The summed E-state index contributed by atoms with van der Waals surface area (Å²) >= 11 is 1.53. The maximum absolute atomic E-state index is 12.8. The van der Waals surface area contributed by atoms with Crippen LogP contribution in [0, 0.1) is 0 Å². The third-order valence-corrected chi connectivity index (χ3v) is 8.10. The predicted octanol–water partition coefficient (Wildman–Crippen LogP) is 5.70. The van der Waals surface area contributed by atoms with Gasteiger partial charge in [0, 0.05) is 42.0 Å². The highest BCUT2D eigenvalue weighted by atomic mass is 32.1. The van der Waals surface area contributed by atoms with Crippen LogP contribution in [0.15, 0.2) is 53.2 Å². The van der Waals surface area contributed by atoms with Crippen LogP contribution in [-0.4, -0.2) is 51.8 Å². The molecule has 39 heavy (non-hydrogen) atoms. The van der Waals surface area contributed by atoms with E-state index < -0.39 is 0 Å². The van der Waals surface area contributed by atoms with Gasteiger partial charge in [0.1, 0.15) is 17.2 Å². The normalized spacial score (nSPS) is 14.6. The molecule has 1 aromatic carbocycles. The molecule has 1 fully saturated rings. The maximum atomic E-state index is 12.8. The number of carbonyl (C=O) groups is 1. The molecule has 4 aromatic heterocycles. The van der Waals surface area contributed by atoms with Crippen molar-refractivity contribution in [1.82, 2.24) is 24.8 Å². The van der Waals surface area contributed by atoms with Crippen molar-refractivity contribution in [2.24, 2.45) is 0 Å². The summed E-state index contributed by atoms with van der Waals surface area (Å²) in [6, 6.07) is 13.0. The highest BCUT2D eigenvalue weighted by molar-refractivity contribution is 7.23. The molecule has 1 saturated carbocycles. The summed E-state index contributed by atoms with van der Waals surface area (Å²) in [7, 11) is 3.63. The lowest BCUT2D eigenvalue weighted by molar-refractivity contribution is 0.251. The summed E-state index contributed by atoms with van der Waals surface area (Å²) in [6.07, 6.45) is 4.27. The lowest BCUT2D eigenvalue weighted by Gasteiger charge is -2.15. The van der Waals surface area contributed by atoms with Crippen molar-refractivity contribution < 1.29 is 14.1 Å². The lowest BCUT2D eigenvalue weighted by Crippen LogP contribution is -2.33. The van der Waals surface area contributed by atoms with Crippen LogP contribution in [0.4, 0.5) is 16.3 Å². The number of ether oxygens (including phenoxy) is 1. The minimum Gasteiger partial charge on any atom is -0.476 e. The van der Waals surface area contributed by atoms with E-state index in [1.54, 1.807) is 13.1 Å². The largest absolute Gasteiger partial charge is 0.476 e. The molecule has 0 saturated heterocycles. The standard InChI is InChI=1S/C28H31N7O3S/c1-27(2,3)21-14-22(33-38-21)34(5)25(36)30-18-8-6-17(7-9-18)19-15-35-20-10-11-23(32-24(20)39-26(35)31-19)37-16-28(29-4)12-13-28/h6-11,14-15,29H,12-13,16H2,1-5H3,(H,30,36). The van der Waals surface area contributed by atoms with Gasteiger partial charge in [-0.25, -0.2) is 14.8 Å². The Morgan fingerprint density at radius 1 is 1.18 bits per heavy atom. The number of urea groups is 1. The van der Waals surface area contributed by atoms with E-state index in [4.69, 9.17) is 19.2 Å². The Morgan fingerprint density at radius 2 is 1.95 bits per heavy atom. The number of rotatable bonds is 7. The molecular formula is C28H31N7O3S. The smallest absolute Gasteiger partial charge is 0.327 e. The molecule has 5 aromatic rings. The van der Waals surface area contributed by atoms with Crippen molar-refractivity contribution in [1.29, 1.82) is 0 Å². The van der Waals surface area contributed by atoms with Crippen molar-refractivity contribution in [3.05, 3.63) is 54.4 Å². The van der Waals surface area contributed by atoms with Gasteiger partial charge >= 0.3 is 6.03 Å². The first-order chi connectivity index (χ1) is 18.6. The number of carbonyl (C=O) groups excluding carboxylic acids is 1. The number of benzene rings is 1. The number of aromatic nitrogens is 4. The predicted molar refractivity (Wildman–Crippen MR) is 153 cm³/mol. The fraction of sp³-hybridized carbons (Fsp3) is 0.357. The Morgan fingerprint density at radius 3 is 2.62 bits per heavy atom. The number of likely N-dealkylation sites (N-methyl/N-ethyl adjacent to an activating group) is 1. The first kappa shape index (κ1) is 25.3. The molecule has 10 nitrogen and oxygen atoms in total. The number of amides is 2. The van der Waals surface area contributed by atoms with Crippen molar-refractivity contribution in [3.63, 3.8) is 0 Å². The molecule has 0 unspecified atom stereocenters. The molecule has 11 heteroatoms. The molecule has 4 heterocycles. The van der Waals surface area contributed by atoms with Crippen LogP contribution in [-0.2, 0) is 5.41 Å². The van der Waals surface area contributed by atoms with Crippen LogP contribution in [0.2, 0.25) is 0 Å². The SMILES string of the molecule is CNC1(COc2ccc3c(n2)sc2nc(-c4ccc(NC(=O)N(C)c5cc(C(C)(C)C)on5)cc4)cn23)CC1. The lowest BCUT2D eigenvalue weighted by atomic mass is 9.93. The Balaban J connectivity index is 1.14. The second-order valence-electron chi connectivity index (χ2n) is 11.0. The number of pyridine rings is 1. The second kappa shape index (κ2) is 9.35. The van der Waals surface area contributed by atoms with E-state index in [9.17, 15) is 4.79 Å². The van der Waals surface area contributed by atoms with Crippen LogP contribution in [0.25, 0.3) is 26.6 Å². The van der Waals surface area contributed by atoms with Crippen LogP contribution in [0.1, 0.15) is 39.4 Å². The number of thiazole rings is 1. The zero-order chi connectivity index (χ0) is 27.4. The highest BCUT2D eigenvalue weighted by Crippen LogP contribution is 2.36. The fourth-order valence-electron chi connectivity index (χ4n) is 4.23. The van der Waals surface area contributed by atoms with Gasteiger partial charge in [0.05, 0.1) is 16.7 Å². The molecule has 2 N–H and O–H groups in total. The molecule has 1 aliphatic rings. The zero-order valence-electron chi connectivity index (χ0n) is 22.6. The molecule has 0 radical (unpaired) electrons. The molecule has 202 valence electrons. The Bertz CT molecular complexity index is 1660. The van der Waals surface area contributed by atoms with Gasteiger partial charge in [-0.2, -0.15) is 0 Å². The Labute approximate surface area is 230 Å². The first-order valence-corrected chi connectivity index (χ1v) is 13.7. The molecule has 0 atom stereocenters. The fourth-order valence-corrected chi connectivity index (χ4v) is 5.20. The van der Waals surface area contributed by atoms with Gasteiger partial charge in [0.25, 0.3) is 0 Å². The number of imidazole rings is 1. The van der Waals surface area contributed by atoms with Crippen molar-refractivity contribution in [3.8, 4) is 17.1 Å². The summed E-state index contributed by atoms with van der Waals surface area (Å²) in [5.74, 6) is 1.81. The molecule has 1 aliphatic carbocycles. The van der Waals surface area contributed by atoms with E-state index >= 15 is 0 Å². The molecule has 6 rings (SSSR count). The van der Waals surface area contributed by atoms with Gasteiger partial charge < -0.3 is 19.9 Å². The monoisotopic (exact) mass is 545 g/mol. The summed E-state index contributed by atoms with van der Waals surface area (Å²) in [6.45, 7) is 6.72. The number of nitrogens with zero attached hydrogens (tertiary/aromatic N) is 5. The van der Waals surface area contributed by atoms with Crippen molar-refractivity contribution in [2.75, 3.05) is 30.9 Å². The van der Waals surface area contributed by atoms with Gasteiger partial charge in [-0.05, 0) is 38.1 Å². The van der Waals surface area contributed by atoms with Crippen LogP contribution in [0.5, 0.6) is 5.88 Å². The van der Waals surface area contributed by atoms with Crippen LogP contribution < -0.4 is 20.3 Å². The van der Waals surface area contributed by atoms with E-state index in [0.29, 0.717) is 24.0 Å². The van der Waals surface area contributed by atoms with Crippen LogP contribution in [0.3, 0.4) is 0 Å². The highest BCUT2D eigenvalue weighted by Gasteiger charge is 2.42. The van der Waals surface area contributed by atoms with E-state index in [-0.39, 0.29) is 17.0 Å². The molecule has 0 bridgehead atoms. The van der Waals surface area contributed by atoms with E-state index in [0.717, 1.165) is 45.2 Å². The summed E-state index contributed by atoms with van der Waals surface area (Å²) in [5.41, 5.74) is 3.38. The average Bonchev–Trinajstić information content (AvgIpc) is 3.21. The second-order valence-corrected chi connectivity index (χ2v) is 12.0. The quantitative estimate of drug-likeness (QED) is 0.270. The third kappa shape index (κ3) is 4.95. The van der Waals surface area contributed by atoms with E-state index in [2.05, 4.69) is 20.2 Å². The molecule has 0 spiro atoms. The summed E-state index contributed by atoms with van der Waals surface area (Å²) in [5, 5.41) is 10.3. The van der Waals surface area contributed by atoms with Crippen molar-refractivity contribution in [2.45, 2.75) is 44.6 Å². The number of anilines is 2. The topological polar surface area (TPSA) is 110 Å². The van der Waals surface area contributed by atoms with Crippen LogP contribution >= 0.6 is 11.3 Å². The maximum Gasteiger partial charge on any atom is 0.327 e. The number of fused-ring (bicyclic) bond motifs is 3. The molecular weight excluding hydrogens is 514 g/mol. The number of hydrogen-bond acceptors (Lipinski definition) is 8. The summed E-state index contributed by atoms with van der Waals surface area (Å²) < 4.78 is 13.4. The van der Waals surface area contributed by atoms with Gasteiger partial charge in [-0.1, -0.05) is 49.4 Å². The zero-order valence-corrected chi connectivity index (χ0v) is 23.4. The van der Waals surface area contributed by atoms with Gasteiger partial charge in [-0.3, -0.25) is 9.30 Å². The number of hydrogen-bond donors (Lipinski definition) is 2. The van der Waals surface area contributed by atoms with Gasteiger partial charge in [0.2, 0.25) is 5.88 Å². The third-order valence-electron chi connectivity index (χ3n) is 7.13. The van der Waals surface area contributed by atoms with Gasteiger partial charge in [0.15, 0.2) is 10.8 Å². The number of nitrogens with one attached hydrogen (secondary N) is 2. The molecule has 2 amide bonds. The van der Waals surface area contributed by atoms with Gasteiger partial charge in [-0.15, -0.1) is 0 Å². The first-order valence-electron chi connectivity index (χ1n) is 12.9.